The number of rotatable bonds is 4. The highest BCUT2D eigenvalue weighted by Gasteiger charge is 2.31. The van der Waals surface area contributed by atoms with Gasteiger partial charge in [0.1, 0.15) is 23.4 Å². The third-order valence-corrected chi connectivity index (χ3v) is 5.47. The molecule has 0 saturated carbocycles. The second-order valence-electron chi connectivity index (χ2n) is 8.80. The molecule has 2 N–H and O–H groups in total. The van der Waals surface area contributed by atoms with E-state index in [0.29, 0.717) is 5.92 Å². The minimum absolute atomic E-state index is 0.0825. The second kappa shape index (κ2) is 8.34. The van der Waals surface area contributed by atoms with Crippen molar-refractivity contribution in [3.63, 3.8) is 0 Å². The summed E-state index contributed by atoms with van der Waals surface area (Å²) in [5.41, 5.74) is 1.44. The number of hydrogen-bond acceptors (Lipinski definition) is 5. The first-order chi connectivity index (χ1) is 14.4. The van der Waals surface area contributed by atoms with E-state index in [1.54, 1.807) is 6.33 Å². The number of ether oxygens (including phenoxy) is 1. The molecular formula is C23H29N5O2. The highest BCUT2D eigenvalue weighted by molar-refractivity contribution is 5.87. The Bertz CT molecular complexity index is 988. The molecule has 0 bridgehead atoms. The van der Waals surface area contributed by atoms with Crippen LogP contribution < -0.4 is 10.2 Å². The number of piperidine rings is 1. The minimum atomic E-state index is -0.524. The van der Waals surface area contributed by atoms with Crippen molar-refractivity contribution in [3.8, 4) is 0 Å². The predicted molar refractivity (Wildman–Crippen MR) is 117 cm³/mol. The smallest absolute Gasteiger partial charge is 0.408 e. The molecule has 1 saturated heterocycles. The average molecular weight is 408 g/mol. The van der Waals surface area contributed by atoms with E-state index in [2.05, 4.69) is 37.3 Å². The van der Waals surface area contributed by atoms with E-state index < -0.39 is 5.60 Å². The van der Waals surface area contributed by atoms with Crippen LogP contribution in [0.5, 0.6) is 0 Å². The van der Waals surface area contributed by atoms with Gasteiger partial charge in [-0.2, -0.15) is 0 Å². The Labute approximate surface area is 176 Å². The Hall–Kier alpha value is -3.09. The van der Waals surface area contributed by atoms with Crippen LogP contribution in [0.2, 0.25) is 0 Å². The monoisotopic (exact) mass is 407 g/mol. The quantitative estimate of drug-likeness (QED) is 0.668. The predicted octanol–water partition coefficient (Wildman–Crippen LogP) is 4.44. The summed E-state index contributed by atoms with van der Waals surface area (Å²) in [5.74, 6) is 1.29. The maximum absolute atomic E-state index is 12.5. The lowest BCUT2D eigenvalue weighted by atomic mass is 9.85. The van der Waals surface area contributed by atoms with Gasteiger partial charge in [-0.15, -0.1) is 0 Å². The van der Waals surface area contributed by atoms with Crippen molar-refractivity contribution in [2.75, 3.05) is 18.0 Å². The lowest BCUT2D eigenvalue weighted by Gasteiger charge is -2.37. The highest BCUT2D eigenvalue weighted by atomic mass is 16.6. The zero-order valence-corrected chi connectivity index (χ0v) is 17.8. The van der Waals surface area contributed by atoms with E-state index in [9.17, 15) is 4.79 Å². The van der Waals surface area contributed by atoms with Crippen molar-refractivity contribution >= 4 is 22.9 Å². The van der Waals surface area contributed by atoms with Crippen LogP contribution in [0, 0.1) is 5.92 Å². The Morgan fingerprint density at radius 1 is 1.17 bits per heavy atom. The first-order valence-corrected chi connectivity index (χ1v) is 10.5. The van der Waals surface area contributed by atoms with E-state index in [0.717, 1.165) is 48.3 Å². The van der Waals surface area contributed by atoms with Crippen LogP contribution in [0.1, 0.15) is 45.2 Å². The van der Waals surface area contributed by atoms with Crippen molar-refractivity contribution in [2.24, 2.45) is 5.92 Å². The van der Waals surface area contributed by atoms with Gasteiger partial charge in [-0.1, -0.05) is 30.3 Å². The van der Waals surface area contributed by atoms with Crippen molar-refractivity contribution in [3.05, 3.63) is 54.5 Å². The van der Waals surface area contributed by atoms with Gasteiger partial charge < -0.3 is 19.9 Å². The van der Waals surface area contributed by atoms with Gasteiger partial charge in [-0.05, 0) is 51.2 Å². The Balaban J connectivity index is 1.49. The molecule has 3 heterocycles. The fourth-order valence-corrected chi connectivity index (χ4v) is 4.12. The maximum atomic E-state index is 12.5. The van der Waals surface area contributed by atoms with Gasteiger partial charge in [0.05, 0.1) is 11.4 Å². The Morgan fingerprint density at radius 2 is 1.90 bits per heavy atom. The van der Waals surface area contributed by atoms with Crippen LogP contribution in [-0.2, 0) is 4.74 Å². The van der Waals surface area contributed by atoms with Gasteiger partial charge >= 0.3 is 6.09 Å². The van der Waals surface area contributed by atoms with Gasteiger partial charge in [0.2, 0.25) is 0 Å². The number of amides is 1. The summed E-state index contributed by atoms with van der Waals surface area (Å²) in [7, 11) is 0. The molecule has 7 heteroatoms. The molecule has 0 radical (unpaired) electrons. The number of aromatic amines is 1. The number of H-pyrrole nitrogens is 1. The van der Waals surface area contributed by atoms with Crippen molar-refractivity contribution < 1.29 is 9.53 Å². The molecule has 0 spiro atoms. The molecular weight excluding hydrogens is 378 g/mol. The van der Waals surface area contributed by atoms with E-state index in [-0.39, 0.29) is 12.1 Å². The molecule has 1 aliphatic heterocycles. The van der Waals surface area contributed by atoms with Gasteiger partial charge in [0.15, 0.2) is 0 Å². The lowest BCUT2D eigenvalue weighted by Crippen LogP contribution is -2.42. The molecule has 3 aromatic rings. The minimum Gasteiger partial charge on any atom is -0.444 e. The third kappa shape index (κ3) is 4.56. The second-order valence-corrected chi connectivity index (χ2v) is 8.80. The number of fused-ring (bicyclic) bond motifs is 1. The lowest BCUT2D eigenvalue weighted by molar-refractivity contribution is 0.0479. The number of alkyl carbamates (subject to hydrolysis) is 1. The third-order valence-electron chi connectivity index (χ3n) is 5.47. The summed E-state index contributed by atoms with van der Waals surface area (Å²) >= 11 is 0. The van der Waals surface area contributed by atoms with Crippen LogP contribution in [0.25, 0.3) is 11.0 Å². The highest BCUT2D eigenvalue weighted by Crippen LogP contribution is 2.34. The maximum Gasteiger partial charge on any atom is 0.408 e. The normalized spacial score (nSPS) is 16.4. The van der Waals surface area contributed by atoms with E-state index >= 15 is 0 Å². The number of nitrogens with one attached hydrogen (secondary N) is 2. The van der Waals surface area contributed by atoms with Gasteiger partial charge in [-0.25, -0.2) is 14.8 Å². The molecule has 1 atom stereocenters. The summed E-state index contributed by atoms with van der Waals surface area (Å²) < 4.78 is 5.53. The largest absolute Gasteiger partial charge is 0.444 e. The number of nitrogens with zero attached hydrogens (tertiary/aromatic N) is 3. The Kier molecular flexibility index (Phi) is 5.61. The number of carbonyl (C=O) groups excluding carboxylic acids is 1. The molecule has 1 fully saturated rings. The summed E-state index contributed by atoms with van der Waals surface area (Å²) in [5, 5.41) is 4.17. The first-order valence-electron chi connectivity index (χ1n) is 10.5. The summed E-state index contributed by atoms with van der Waals surface area (Å²) in [6.07, 6.45) is 5.03. The van der Waals surface area contributed by atoms with Crippen LogP contribution in [-0.4, -0.2) is 39.7 Å². The number of carbonyl (C=O) groups is 1. The standard InChI is InChI=1S/C23H29N5O2/c1-23(2,3)30-22(29)27-19(16-7-5-4-6-8-16)17-10-13-28(14-11-17)21-18-9-12-24-20(18)25-15-26-21/h4-9,12,15,17,19H,10-11,13-14H2,1-3H3,(H,27,29)(H,24,25,26)/t19-/m0/s1. The topological polar surface area (TPSA) is 83.1 Å². The fraction of sp³-hybridized carbons (Fsp3) is 0.435. The van der Waals surface area contributed by atoms with E-state index in [1.807, 2.05) is 51.2 Å². The molecule has 4 rings (SSSR count). The molecule has 1 aliphatic rings. The van der Waals surface area contributed by atoms with Crippen LogP contribution in [0.4, 0.5) is 10.6 Å². The van der Waals surface area contributed by atoms with Crippen LogP contribution in [0.3, 0.4) is 0 Å². The van der Waals surface area contributed by atoms with Gasteiger partial charge in [0, 0.05) is 19.3 Å². The van der Waals surface area contributed by atoms with Crippen molar-refractivity contribution in [1.82, 2.24) is 20.3 Å². The summed E-state index contributed by atoms with van der Waals surface area (Å²) in [4.78, 5) is 26.8. The van der Waals surface area contributed by atoms with Gasteiger partial charge in [-0.3, -0.25) is 0 Å². The number of anilines is 1. The molecule has 1 amide bonds. The molecule has 0 aliphatic carbocycles. The van der Waals surface area contributed by atoms with Gasteiger partial charge in [0.25, 0.3) is 0 Å². The number of hydrogen-bond donors (Lipinski definition) is 2. The van der Waals surface area contributed by atoms with E-state index in [4.69, 9.17) is 4.74 Å². The molecule has 158 valence electrons. The SMILES string of the molecule is CC(C)(C)OC(=O)N[C@@H](c1ccccc1)C1CCN(c2ncnc3[nH]ccc23)CC1. The molecule has 1 aromatic carbocycles. The molecule has 30 heavy (non-hydrogen) atoms. The summed E-state index contributed by atoms with van der Waals surface area (Å²) in [6.45, 7) is 7.40. The summed E-state index contributed by atoms with van der Waals surface area (Å²) in [6, 6.07) is 12.1. The van der Waals surface area contributed by atoms with Crippen LogP contribution >= 0.6 is 0 Å². The van der Waals surface area contributed by atoms with Crippen molar-refractivity contribution in [2.45, 2.75) is 45.3 Å². The molecule has 2 aromatic heterocycles. The Morgan fingerprint density at radius 3 is 2.60 bits per heavy atom. The zero-order chi connectivity index (χ0) is 21.1. The fourth-order valence-electron chi connectivity index (χ4n) is 4.12. The molecule has 7 nitrogen and oxygen atoms in total. The van der Waals surface area contributed by atoms with E-state index in [1.165, 1.54) is 0 Å². The van der Waals surface area contributed by atoms with Crippen LogP contribution in [0.15, 0.2) is 48.9 Å². The first kappa shape index (κ1) is 20.2. The number of benzene rings is 1. The zero-order valence-electron chi connectivity index (χ0n) is 17.8. The average Bonchev–Trinajstić information content (AvgIpc) is 3.21. The number of aromatic nitrogens is 3. The van der Waals surface area contributed by atoms with Crippen molar-refractivity contribution in [1.29, 1.82) is 0 Å². The molecule has 0 unspecified atom stereocenters.